The number of nitrogens with one attached hydrogen (secondary N) is 1. The molecule has 0 saturated heterocycles. The Labute approximate surface area is 103 Å². The van der Waals surface area contributed by atoms with Gasteiger partial charge in [0.2, 0.25) is 0 Å². The van der Waals surface area contributed by atoms with Crippen molar-refractivity contribution in [1.82, 2.24) is 5.32 Å². The van der Waals surface area contributed by atoms with Crippen LogP contribution in [0.1, 0.15) is 31.9 Å². The Kier molecular flexibility index (Phi) is 6.19. The first-order valence-electron chi connectivity index (χ1n) is 6.23. The van der Waals surface area contributed by atoms with Gasteiger partial charge in [-0.05, 0) is 24.4 Å². The van der Waals surface area contributed by atoms with Crippen molar-refractivity contribution in [2.45, 2.75) is 32.5 Å². The van der Waals surface area contributed by atoms with Gasteiger partial charge in [0.25, 0.3) is 0 Å². The van der Waals surface area contributed by atoms with Crippen LogP contribution in [0.15, 0.2) is 30.3 Å². The van der Waals surface area contributed by atoms with Gasteiger partial charge in [-0.1, -0.05) is 44.2 Å². The molecule has 0 radical (unpaired) electrons. The lowest BCUT2D eigenvalue weighted by atomic mass is 10.0. The molecular formula is C14H23NO2. The monoisotopic (exact) mass is 237 g/mol. The molecule has 17 heavy (non-hydrogen) atoms. The molecule has 0 aliphatic rings. The maximum atomic E-state index is 9.91. The summed E-state index contributed by atoms with van der Waals surface area (Å²) in [5.41, 5.74) is 0.755. The molecule has 0 fully saturated rings. The second kappa shape index (κ2) is 7.43. The number of hydrogen-bond donors (Lipinski definition) is 3. The Bertz CT molecular complexity index is 300. The summed E-state index contributed by atoms with van der Waals surface area (Å²) < 4.78 is 0. The highest BCUT2D eigenvalue weighted by Gasteiger charge is 2.17. The number of aliphatic hydroxyl groups excluding tert-OH is 2. The van der Waals surface area contributed by atoms with Gasteiger partial charge in [-0.3, -0.25) is 0 Å². The summed E-state index contributed by atoms with van der Waals surface area (Å²) >= 11 is 0. The standard InChI is InChI=1S/C14H23NO2/c1-11(2)8-9-15-10-13(16)14(17)12-6-4-3-5-7-12/h3-7,11,13-17H,8-10H2,1-2H3. The van der Waals surface area contributed by atoms with Gasteiger partial charge in [0.1, 0.15) is 6.10 Å². The summed E-state index contributed by atoms with van der Waals surface area (Å²) in [6, 6.07) is 9.25. The predicted octanol–water partition coefficient (Wildman–Crippen LogP) is 1.72. The van der Waals surface area contributed by atoms with E-state index in [9.17, 15) is 10.2 Å². The average molecular weight is 237 g/mol. The second-order valence-corrected chi connectivity index (χ2v) is 4.81. The zero-order valence-corrected chi connectivity index (χ0v) is 10.6. The van der Waals surface area contributed by atoms with E-state index in [2.05, 4.69) is 19.2 Å². The van der Waals surface area contributed by atoms with Gasteiger partial charge in [-0.15, -0.1) is 0 Å². The van der Waals surface area contributed by atoms with Crippen LogP contribution in [-0.2, 0) is 0 Å². The Hall–Kier alpha value is -0.900. The molecule has 0 spiro atoms. The lowest BCUT2D eigenvalue weighted by molar-refractivity contribution is 0.0191. The van der Waals surface area contributed by atoms with Crippen molar-refractivity contribution in [3.8, 4) is 0 Å². The van der Waals surface area contributed by atoms with Crippen molar-refractivity contribution in [2.75, 3.05) is 13.1 Å². The molecule has 0 aliphatic carbocycles. The third kappa shape index (κ3) is 5.31. The summed E-state index contributed by atoms with van der Waals surface area (Å²) in [6.07, 6.45) is -0.499. The molecule has 1 rings (SSSR count). The SMILES string of the molecule is CC(C)CCNCC(O)C(O)c1ccccc1. The Balaban J connectivity index is 2.30. The number of aliphatic hydroxyl groups is 2. The largest absolute Gasteiger partial charge is 0.389 e. The molecule has 0 saturated carbocycles. The highest BCUT2D eigenvalue weighted by molar-refractivity contribution is 5.18. The van der Waals surface area contributed by atoms with Crippen LogP contribution < -0.4 is 5.32 Å². The van der Waals surface area contributed by atoms with Crippen molar-refractivity contribution in [3.63, 3.8) is 0 Å². The van der Waals surface area contributed by atoms with E-state index in [4.69, 9.17) is 0 Å². The van der Waals surface area contributed by atoms with Crippen LogP contribution in [0.4, 0.5) is 0 Å². The molecule has 1 aromatic rings. The summed E-state index contributed by atoms with van der Waals surface area (Å²) in [5.74, 6) is 0.652. The van der Waals surface area contributed by atoms with E-state index in [1.807, 2.05) is 30.3 Å². The van der Waals surface area contributed by atoms with E-state index < -0.39 is 12.2 Å². The Morgan fingerprint density at radius 2 is 1.76 bits per heavy atom. The molecular weight excluding hydrogens is 214 g/mol. The van der Waals surface area contributed by atoms with Crippen molar-refractivity contribution in [1.29, 1.82) is 0 Å². The lowest BCUT2D eigenvalue weighted by Crippen LogP contribution is -2.32. The lowest BCUT2D eigenvalue weighted by Gasteiger charge is -2.19. The van der Waals surface area contributed by atoms with Crippen LogP contribution in [0, 0.1) is 5.92 Å². The average Bonchev–Trinajstić information content (AvgIpc) is 2.34. The van der Waals surface area contributed by atoms with E-state index in [0.29, 0.717) is 12.5 Å². The van der Waals surface area contributed by atoms with Crippen LogP contribution in [0.2, 0.25) is 0 Å². The van der Waals surface area contributed by atoms with Gasteiger partial charge >= 0.3 is 0 Å². The fraction of sp³-hybridized carbons (Fsp3) is 0.571. The van der Waals surface area contributed by atoms with E-state index in [-0.39, 0.29) is 0 Å². The van der Waals surface area contributed by atoms with Crippen LogP contribution in [-0.4, -0.2) is 29.4 Å². The summed E-state index contributed by atoms with van der Waals surface area (Å²) in [4.78, 5) is 0. The maximum Gasteiger partial charge on any atom is 0.106 e. The molecule has 0 aromatic heterocycles. The molecule has 1 aromatic carbocycles. The van der Waals surface area contributed by atoms with Gasteiger partial charge in [0, 0.05) is 6.54 Å². The van der Waals surface area contributed by atoms with Gasteiger partial charge in [0.15, 0.2) is 0 Å². The van der Waals surface area contributed by atoms with Gasteiger partial charge in [-0.2, -0.15) is 0 Å². The van der Waals surface area contributed by atoms with Crippen molar-refractivity contribution >= 4 is 0 Å². The number of rotatable bonds is 7. The molecule has 3 N–H and O–H groups in total. The highest BCUT2D eigenvalue weighted by Crippen LogP contribution is 2.15. The molecule has 3 nitrogen and oxygen atoms in total. The zero-order chi connectivity index (χ0) is 12.7. The molecule has 2 unspecified atom stereocenters. The van der Waals surface area contributed by atoms with Crippen molar-refractivity contribution in [2.24, 2.45) is 5.92 Å². The fourth-order valence-electron chi connectivity index (χ4n) is 1.62. The van der Waals surface area contributed by atoms with Crippen molar-refractivity contribution < 1.29 is 10.2 Å². The second-order valence-electron chi connectivity index (χ2n) is 4.81. The van der Waals surface area contributed by atoms with Gasteiger partial charge < -0.3 is 15.5 Å². The smallest absolute Gasteiger partial charge is 0.106 e. The first-order chi connectivity index (χ1) is 8.11. The Morgan fingerprint density at radius 3 is 2.35 bits per heavy atom. The molecule has 96 valence electrons. The predicted molar refractivity (Wildman–Crippen MR) is 69.7 cm³/mol. The summed E-state index contributed by atoms with van der Waals surface area (Å²) in [7, 11) is 0. The first kappa shape index (κ1) is 14.2. The molecule has 0 heterocycles. The first-order valence-corrected chi connectivity index (χ1v) is 6.23. The van der Waals surface area contributed by atoms with Crippen molar-refractivity contribution in [3.05, 3.63) is 35.9 Å². The summed E-state index contributed by atoms with van der Waals surface area (Å²) in [6.45, 7) is 5.62. The zero-order valence-electron chi connectivity index (χ0n) is 10.6. The molecule has 0 amide bonds. The molecule has 0 aliphatic heterocycles. The van der Waals surface area contributed by atoms with Crippen LogP contribution >= 0.6 is 0 Å². The molecule has 3 heteroatoms. The van der Waals surface area contributed by atoms with Crippen LogP contribution in [0.3, 0.4) is 0 Å². The minimum Gasteiger partial charge on any atom is -0.389 e. The number of benzene rings is 1. The van der Waals surface area contributed by atoms with E-state index in [1.54, 1.807) is 0 Å². The normalized spacial score (nSPS) is 14.9. The molecule has 0 bridgehead atoms. The summed E-state index contributed by atoms with van der Waals surface area (Å²) in [5, 5.41) is 22.9. The molecule has 2 atom stereocenters. The quantitative estimate of drug-likeness (QED) is 0.633. The van der Waals surface area contributed by atoms with Gasteiger partial charge in [0.05, 0.1) is 6.10 Å². The maximum absolute atomic E-state index is 9.91. The topological polar surface area (TPSA) is 52.5 Å². The third-order valence-electron chi connectivity index (χ3n) is 2.76. The highest BCUT2D eigenvalue weighted by atomic mass is 16.3. The van der Waals surface area contributed by atoms with Crippen LogP contribution in [0.25, 0.3) is 0 Å². The van der Waals surface area contributed by atoms with E-state index in [0.717, 1.165) is 18.5 Å². The van der Waals surface area contributed by atoms with Gasteiger partial charge in [-0.25, -0.2) is 0 Å². The van der Waals surface area contributed by atoms with Crippen LogP contribution in [0.5, 0.6) is 0 Å². The Morgan fingerprint density at radius 1 is 1.12 bits per heavy atom. The minimum absolute atomic E-state index is 0.419. The van der Waals surface area contributed by atoms with E-state index in [1.165, 1.54) is 0 Å². The number of hydrogen-bond acceptors (Lipinski definition) is 3. The minimum atomic E-state index is -0.817. The fourth-order valence-corrected chi connectivity index (χ4v) is 1.62. The van der Waals surface area contributed by atoms with E-state index >= 15 is 0 Å². The third-order valence-corrected chi connectivity index (χ3v) is 2.76.